The molecule has 0 spiro atoms. The van der Waals surface area contributed by atoms with E-state index in [9.17, 15) is 18.4 Å². The van der Waals surface area contributed by atoms with Crippen molar-refractivity contribution in [2.45, 2.75) is 0 Å². The second-order valence-corrected chi connectivity index (χ2v) is 4.65. The van der Waals surface area contributed by atoms with Gasteiger partial charge in [0.25, 0.3) is 0 Å². The molecule has 0 radical (unpaired) electrons. The normalized spacial score (nSPS) is 10.0. The molecule has 0 N–H and O–H groups in total. The molecule has 116 valence electrons. The van der Waals surface area contributed by atoms with Crippen LogP contribution in [-0.2, 0) is 14.3 Å². The van der Waals surface area contributed by atoms with Crippen LogP contribution in [0.15, 0.2) is 61.7 Å². The van der Waals surface area contributed by atoms with Crippen LogP contribution < -0.4 is 0 Å². The standard InChI is InChI=1S/C18H12F2O3/c1-11(13-3-7-15(19)8-4-13)17(21)23-18(22)12(2)14-5-9-16(20)10-6-14/h3-10H,1-2H2. The van der Waals surface area contributed by atoms with Crippen LogP contribution in [0.5, 0.6) is 0 Å². The lowest BCUT2D eigenvalue weighted by Crippen LogP contribution is -2.14. The largest absolute Gasteiger partial charge is 0.386 e. The van der Waals surface area contributed by atoms with Gasteiger partial charge in [-0.25, -0.2) is 18.4 Å². The van der Waals surface area contributed by atoms with Crippen molar-refractivity contribution in [2.24, 2.45) is 0 Å². The number of carbonyl (C=O) groups excluding carboxylic acids is 2. The summed E-state index contributed by atoms with van der Waals surface area (Å²) in [6.07, 6.45) is 0. The third-order valence-corrected chi connectivity index (χ3v) is 3.06. The van der Waals surface area contributed by atoms with Crippen LogP contribution in [0.2, 0.25) is 0 Å². The van der Waals surface area contributed by atoms with Gasteiger partial charge in [-0.15, -0.1) is 0 Å². The van der Waals surface area contributed by atoms with Gasteiger partial charge in [-0.2, -0.15) is 0 Å². The van der Waals surface area contributed by atoms with Crippen molar-refractivity contribution in [3.8, 4) is 0 Å². The topological polar surface area (TPSA) is 43.4 Å². The zero-order valence-electron chi connectivity index (χ0n) is 12.0. The van der Waals surface area contributed by atoms with Gasteiger partial charge in [0.1, 0.15) is 11.6 Å². The lowest BCUT2D eigenvalue weighted by molar-refractivity contribution is -0.151. The molecule has 0 aliphatic carbocycles. The first-order valence-electron chi connectivity index (χ1n) is 6.54. The number of ether oxygens (including phenoxy) is 1. The van der Waals surface area contributed by atoms with Crippen molar-refractivity contribution in [3.63, 3.8) is 0 Å². The highest BCUT2D eigenvalue weighted by molar-refractivity contribution is 6.25. The highest BCUT2D eigenvalue weighted by Gasteiger charge is 2.19. The fourth-order valence-corrected chi connectivity index (χ4v) is 1.75. The zero-order chi connectivity index (χ0) is 17.0. The van der Waals surface area contributed by atoms with Crippen LogP contribution in [0, 0.1) is 11.6 Å². The highest BCUT2D eigenvalue weighted by Crippen LogP contribution is 2.18. The Kier molecular flexibility index (Phi) is 4.81. The van der Waals surface area contributed by atoms with Gasteiger partial charge < -0.3 is 4.74 Å². The molecule has 3 nitrogen and oxygen atoms in total. The Morgan fingerprint density at radius 2 is 1.00 bits per heavy atom. The molecule has 5 heteroatoms. The van der Waals surface area contributed by atoms with Crippen molar-refractivity contribution >= 4 is 23.1 Å². The molecule has 0 heterocycles. The third kappa shape index (κ3) is 3.97. The number of esters is 2. The first-order chi connectivity index (χ1) is 10.9. The molecule has 0 atom stereocenters. The summed E-state index contributed by atoms with van der Waals surface area (Å²) in [7, 11) is 0. The Bertz CT molecular complexity index is 707. The van der Waals surface area contributed by atoms with Crippen LogP contribution in [0.4, 0.5) is 8.78 Å². The lowest BCUT2D eigenvalue weighted by Gasteiger charge is -2.08. The quantitative estimate of drug-likeness (QED) is 0.490. The van der Waals surface area contributed by atoms with Crippen LogP contribution >= 0.6 is 0 Å². The van der Waals surface area contributed by atoms with Gasteiger partial charge in [-0.05, 0) is 35.4 Å². The van der Waals surface area contributed by atoms with E-state index in [2.05, 4.69) is 17.9 Å². The van der Waals surface area contributed by atoms with Gasteiger partial charge >= 0.3 is 11.9 Å². The summed E-state index contributed by atoms with van der Waals surface area (Å²) in [4.78, 5) is 23.8. The Morgan fingerprint density at radius 3 is 1.30 bits per heavy atom. The van der Waals surface area contributed by atoms with E-state index in [1.165, 1.54) is 24.3 Å². The fraction of sp³-hybridized carbons (Fsp3) is 0. The summed E-state index contributed by atoms with van der Waals surface area (Å²) in [5, 5.41) is 0. The Morgan fingerprint density at radius 1 is 0.696 bits per heavy atom. The van der Waals surface area contributed by atoms with E-state index < -0.39 is 23.6 Å². The van der Waals surface area contributed by atoms with Crippen LogP contribution in [0.25, 0.3) is 11.1 Å². The van der Waals surface area contributed by atoms with E-state index in [1.807, 2.05) is 0 Å². The highest BCUT2D eigenvalue weighted by atomic mass is 19.1. The summed E-state index contributed by atoms with van der Waals surface area (Å²) in [6.45, 7) is 7.05. The number of carbonyl (C=O) groups is 2. The second kappa shape index (κ2) is 6.79. The number of rotatable bonds is 4. The van der Waals surface area contributed by atoms with Gasteiger partial charge in [0.05, 0.1) is 11.1 Å². The van der Waals surface area contributed by atoms with Crippen molar-refractivity contribution in [1.82, 2.24) is 0 Å². The number of halogens is 2. The summed E-state index contributed by atoms with van der Waals surface area (Å²) in [6, 6.07) is 10.0. The van der Waals surface area contributed by atoms with Gasteiger partial charge in [-0.3, -0.25) is 0 Å². The van der Waals surface area contributed by atoms with E-state index in [4.69, 9.17) is 0 Å². The first kappa shape index (κ1) is 16.3. The minimum absolute atomic E-state index is 0.0924. The molecule has 0 saturated heterocycles. The number of hydrogen-bond acceptors (Lipinski definition) is 3. The number of benzene rings is 2. The molecule has 0 fully saturated rings. The van der Waals surface area contributed by atoms with Gasteiger partial charge in [0.2, 0.25) is 0 Å². The van der Waals surface area contributed by atoms with Crippen molar-refractivity contribution in [3.05, 3.63) is 84.5 Å². The van der Waals surface area contributed by atoms with Gasteiger partial charge in [0.15, 0.2) is 0 Å². The molecule has 0 aliphatic heterocycles. The Labute approximate surface area is 131 Å². The van der Waals surface area contributed by atoms with Crippen LogP contribution in [-0.4, -0.2) is 11.9 Å². The molecule has 2 aromatic rings. The van der Waals surface area contributed by atoms with Crippen molar-refractivity contribution < 1.29 is 23.1 Å². The van der Waals surface area contributed by atoms with Crippen LogP contribution in [0.1, 0.15) is 11.1 Å². The Hall–Kier alpha value is -3.08. The predicted octanol–water partition coefficient (Wildman–Crippen LogP) is 3.76. The summed E-state index contributed by atoms with van der Waals surface area (Å²) in [5.74, 6) is -2.86. The molecule has 0 amide bonds. The molecular formula is C18H12F2O3. The molecular weight excluding hydrogens is 302 g/mol. The van der Waals surface area contributed by atoms with E-state index in [-0.39, 0.29) is 11.1 Å². The zero-order valence-corrected chi connectivity index (χ0v) is 12.0. The maximum absolute atomic E-state index is 12.8. The maximum atomic E-state index is 12.8. The monoisotopic (exact) mass is 314 g/mol. The smallest absolute Gasteiger partial charge is 0.346 e. The fourth-order valence-electron chi connectivity index (χ4n) is 1.75. The summed E-state index contributed by atoms with van der Waals surface area (Å²) in [5.41, 5.74) is 0.476. The second-order valence-electron chi connectivity index (χ2n) is 4.65. The molecule has 2 rings (SSSR count). The van der Waals surface area contributed by atoms with E-state index in [0.29, 0.717) is 11.1 Å². The summed E-state index contributed by atoms with van der Waals surface area (Å²) >= 11 is 0. The average molecular weight is 314 g/mol. The molecule has 0 bridgehead atoms. The Balaban J connectivity index is 2.05. The van der Waals surface area contributed by atoms with Gasteiger partial charge in [0, 0.05) is 0 Å². The van der Waals surface area contributed by atoms with E-state index in [1.54, 1.807) is 0 Å². The lowest BCUT2D eigenvalue weighted by atomic mass is 10.1. The molecule has 0 saturated carbocycles. The van der Waals surface area contributed by atoms with E-state index in [0.717, 1.165) is 24.3 Å². The summed E-state index contributed by atoms with van der Waals surface area (Å²) < 4.78 is 30.4. The van der Waals surface area contributed by atoms with Crippen molar-refractivity contribution in [2.75, 3.05) is 0 Å². The molecule has 23 heavy (non-hydrogen) atoms. The maximum Gasteiger partial charge on any atom is 0.346 e. The predicted molar refractivity (Wildman–Crippen MR) is 82.0 cm³/mol. The van der Waals surface area contributed by atoms with E-state index >= 15 is 0 Å². The first-order valence-corrected chi connectivity index (χ1v) is 6.54. The minimum atomic E-state index is -0.968. The number of hydrogen-bond donors (Lipinski definition) is 0. The molecule has 0 aromatic heterocycles. The SMILES string of the molecule is C=C(C(=O)OC(=O)C(=C)c1ccc(F)cc1)c1ccc(F)cc1. The van der Waals surface area contributed by atoms with Gasteiger partial charge in [-0.1, -0.05) is 37.4 Å². The van der Waals surface area contributed by atoms with Crippen molar-refractivity contribution in [1.29, 1.82) is 0 Å². The molecule has 2 aromatic carbocycles. The molecule has 0 unspecified atom stereocenters. The minimum Gasteiger partial charge on any atom is -0.386 e. The third-order valence-electron chi connectivity index (χ3n) is 3.06. The molecule has 0 aliphatic rings. The average Bonchev–Trinajstić information content (AvgIpc) is 2.54. The van der Waals surface area contributed by atoms with Crippen LogP contribution in [0.3, 0.4) is 0 Å².